The second-order valence-electron chi connectivity index (χ2n) is 17.8. The summed E-state index contributed by atoms with van der Waals surface area (Å²) >= 11 is 0. The van der Waals surface area contributed by atoms with E-state index in [-0.39, 0.29) is 0 Å². The fourth-order valence-electron chi connectivity index (χ4n) is 10.7. The van der Waals surface area contributed by atoms with Gasteiger partial charge in [-0.05, 0) is 54.6 Å². The van der Waals surface area contributed by atoms with Crippen LogP contribution in [0.3, 0.4) is 0 Å². The van der Waals surface area contributed by atoms with E-state index in [9.17, 15) is 0 Å². The average molecular weight is 898 g/mol. The number of rotatable bonds is 6. The van der Waals surface area contributed by atoms with Crippen molar-refractivity contribution < 1.29 is 13.4 Å². The molecule has 0 spiro atoms. The highest BCUT2D eigenvalue weighted by molar-refractivity contribution is 6.21. The molecule has 0 saturated heterocycles. The smallest absolute Gasteiger partial charge is 0.387 e. The Balaban J connectivity index is 0.910. The summed E-state index contributed by atoms with van der Waals surface area (Å²) in [7, 11) is 0. The molecule has 6 heterocycles. The van der Waals surface area contributed by atoms with E-state index in [0.717, 1.165) is 110 Å². The zero-order valence-corrected chi connectivity index (χ0v) is 37.4. The van der Waals surface area contributed by atoms with Gasteiger partial charge in [0.25, 0.3) is 0 Å². The van der Waals surface area contributed by atoms with Crippen LogP contribution < -0.4 is 4.57 Å². The van der Waals surface area contributed by atoms with Crippen molar-refractivity contribution in [3.05, 3.63) is 225 Å². The van der Waals surface area contributed by atoms with Crippen molar-refractivity contribution in [3.63, 3.8) is 0 Å². The van der Waals surface area contributed by atoms with E-state index in [1.165, 1.54) is 5.39 Å². The van der Waals surface area contributed by atoms with Crippen LogP contribution in [0.15, 0.2) is 233 Å². The second kappa shape index (κ2) is 14.9. The van der Waals surface area contributed by atoms with Crippen molar-refractivity contribution >= 4 is 87.6 Å². The van der Waals surface area contributed by atoms with Crippen molar-refractivity contribution in [2.45, 2.75) is 0 Å². The van der Waals surface area contributed by atoms with Crippen LogP contribution in [0.1, 0.15) is 0 Å². The minimum Gasteiger partial charge on any atom is -0.453 e. The standard InChI is InChI=1S/C62H37N6O2/c1-4-17-38(18-5-1)59-63-60(39-19-6-2-7-20-39)65-61(64-59)49-27-14-25-45-46-26-15-31-54(57(46)69-56(45)49)68-52-30-13-11-24-43(52)50-37-41(32-35-53(50)68)66-36-16-28-48-47-34-33-44-42-23-10-12-29-51(42)67(40-21-8-3-9-22-40)55(44)58(47)70-62(48)66/h1-37H/q+1. The molecule has 0 bridgehead atoms. The molecule has 0 N–H and O–H groups in total. The third-order valence-corrected chi connectivity index (χ3v) is 13.9. The van der Waals surface area contributed by atoms with Crippen LogP contribution in [0.2, 0.25) is 0 Å². The number of furan rings is 2. The summed E-state index contributed by atoms with van der Waals surface area (Å²) in [5, 5.41) is 8.69. The van der Waals surface area contributed by atoms with Gasteiger partial charge in [-0.3, -0.25) is 0 Å². The molecule has 0 unspecified atom stereocenters. The van der Waals surface area contributed by atoms with E-state index in [2.05, 4.69) is 172 Å². The number of para-hydroxylation sites is 5. The molecule has 70 heavy (non-hydrogen) atoms. The lowest BCUT2D eigenvalue weighted by Crippen LogP contribution is -2.30. The van der Waals surface area contributed by atoms with Crippen molar-refractivity contribution in [1.29, 1.82) is 0 Å². The Labute approximate surface area is 399 Å². The van der Waals surface area contributed by atoms with E-state index in [4.69, 9.17) is 23.8 Å². The largest absolute Gasteiger partial charge is 0.453 e. The van der Waals surface area contributed by atoms with Gasteiger partial charge in [-0.2, -0.15) is 0 Å². The molecule has 0 radical (unpaired) electrons. The molecule has 9 aromatic carbocycles. The van der Waals surface area contributed by atoms with Gasteiger partial charge in [-0.25, -0.2) is 15.0 Å². The second-order valence-corrected chi connectivity index (χ2v) is 17.8. The third kappa shape index (κ3) is 5.64. The van der Waals surface area contributed by atoms with Gasteiger partial charge in [0.2, 0.25) is 5.69 Å². The van der Waals surface area contributed by atoms with Crippen LogP contribution in [0.4, 0.5) is 0 Å². The monoisotopic (exact) mass is 897 g/mol. The molecular formula is C62H37N6O2+. The predicted molar refractivity (Wildman–Crippen MR) is 281 cm³/mol. The summed E-state index contributed by atoms with van der Waals surface area (Å²) in [4.78, 5) is 15.1. The van der Waals surface area contributed by atoms with Gasteiger partial charge in [0, 0.05) is 72.7 Å². The number of pyridine rings is 1. The molecule has 0 fully saturated rings. The average Bonchev–Trinajstić information content (AvgIpc) is 4.19. The molecule has 6 aromatic heterocycles. The van der Waals surface area contributed by atoms with Crippen LogP contribution in [0, 0.1) is 0 Å². The van der Waals surface area contributed by atoms with Gasteiger partial charge in [-0.1, -0.05) is 146 Å². The molecule has 0 amide bonds. The van der Waals surface area contributed by atoms with Gasteiger partial charge in [0.15, 0.2) is 34.8 Å². The van der Waals surface area contributed by atoms with Crippen molar-refractivity contribution in [3.8, 4) is 51.2 Å². The molecular weight excluding hydrogens is 861 g/mol. The lowest BCUT2D eigenvalue weighted by Gasteiger charge is -2.09. The highest BCUT2D eigenvalue weighted by Crippen LogP contribution is 2.43. The Morgan fingerprint density at radius 3 is 1.66 bits per heavy atom. The zero-order chi connectivity index (χ0) is 45.9. The normalized spacial score (nSPS) is 12.0. The number of nitrogens with zero attached hydrogens (tertiary/aromatic N) is 6. The maximum absolute atomic E-state index is 7.11. The Morgan fingerprint density at radius 1 is 0.357 bits per heavy atom. The lowest BCUT2D eigenvalue weighted by atomic mass is 10.1. The van der Waals surface area contributed by atoms with Gasteiger partial charge >= 0.3 is 5.71 Å². The van der Waals surface area contributed by atoms with Crippen LogP contribution in [-0.2, 0) is 0 Å². The molecule has 0 saturated carbocycles. The van der Waals surface area contributed by atoms with Crippen LogP contribution in [0.5, 0.6) is 0 Å². The summed E-state index contributed by atoms with van der Waals surface area (Å²) < 4.78 is 21.0. The molecule has 8 nitrogen and oxygen atoms in total. The Kier molecular flexibility index (Phi) is 8.20. The van der Waals surface area contributed by atoms with Crippen LogP contribution in [-0.4, -0.2) is 24.1 Å². The molecule has 0 aliphatic rings. The Bertz CT molecular complexity index is 4530. The van der Waals surface area contributed by atoms with E-state index >= 15 is 0 Å². The zero-order valence-electron chi connectivity index (χ0n) is 37.4. The van der Waals surface area contributed by atoms with Gasteiger partial charge < -0.3 is 18.0 Å². The van der Waals surface area contributed by atoms with Gasteiger partial charge in [0.1, 0.15) is 5.58 Å². The highest BCUT2D eigenvalue weighted by Gasteiger charge is 2.26. The fourth-order valence-corrected chi connectivity index (χ4v) is 10.7. The van der Waals surface area contributed by atoms with Crippen molar-refractivity contribution in [2.24, 2.45) is 0 Å². The fraction of sp³-hybridized carbons (Fsp3) is 0. The summed E-state index contributed by atoms with van der Waals surface area (Å²) in [6, 6.07) is 75.9. The number of benzene rings is 9. The minimum atomic E-state index is 0.545. The Hall–Kier alpha value is -9.66. The van der Waals surface area contributed by atoms with Gasteiger partial charge in [-0.15, -0.1) is 4.57 Å². The summed E-state index contributed by atoms with van der Waals surface area (Å²) in [5.74, 6) is 1.74. The van der Waals surface area contributed by atoms with E-state index in [0.29, 0.717) is 23.1 Å². The SMILES string of the molecule is c1ccc(-c2nc(-c3ccccc3)nc(-c3cccc4c3oc3c(-n5c6ccccc6c6cc(-[n+]7cccc8c9ccc%10c%11ccccc%11n(-c%11ccccc%11)c%10c9oc87)ccc65)cccc34)n2)cc1. The topological polar surface area (TPSA) is 78.7 Å². The predicted octanol–water partition coefficient (Wildman–Crippen LogP) is 15.1. The first-order valence-electron chi connectivity index (χ1n) is 23.4. The van der Waals surface area contributed by atoms with Crippen LogP contribution >= 0.6 is 0 Å². The van der Waals surface area contributed by atoms with Crippen LogP contribution in [0.25, 0.3) is 139 Å². The first kappa shape index (κ1) is 38.4. The van der Waals surface area contributed by atoms with E-state index < -0.39 is 0 Å². The third-order valence-electron chi connectivity index (χ3n) is 13.9. The van der Waals surface area contributed by atoms with E-state index in [1.807, 2.05) is 66.7 Å². The number of aromatic nitrogens is 6. The van der Waals surface area contributed by atoms with E-state index in [1.54, 1.807) is 0 Å². The number of hydrogen-bond donors (Lipinski definition) is 0. The minimum absolute atomic E-state index is 0.545. The summed E-state index contributed by atoms with van der Waals surface area (Å²) in [6.07, 6.45) is 2.10. The molecule has 8 heteroatoms. The molecule has 0 aliphatic carbocycles. The number of fused-ring (bicyclic) bond motifs is 13. The number of hydrogen-bond acceptors (Lipinski definition) is 5. The lowest BCUT2D eigenvalue weighted by molar-refractivity contribution is -0.574. The maximum Gasteiger partial charge on any atom is 0.387 e. The molecule has 0 aliphatic heterocycles. The summed E-state index contributed by atoms with van der Waals surface area (Å²) in [5.41, 5.74) is 13.1. The van der Waals surface area contributed by atoms with Crippen molar-refractivity contribution in [2.75, 3.05) is 0 Å². The molecule has 326 valence electrons. The quantitative estimate of drug-likeness (QED) is 0.155. The highest BCUT2D eigenvalue weighted by atomic mass is 16.3. The first-order chi connectivity index (χ1) is 34.7. The molecule has 0 atom stereocenters. The first-order valence-corrected chi connectivity index (χ1v) is 23.4. The Morgan fingerprint density at radius 2 is 0.914 bits per heavy atom. The molecule has 15 aromatic rings. The van der Waals surface area contributed by atoms with Crippen molar-refractivity contribution in [1.82, 2.24) is 24.1 Å². The summed E-state index contributed by atoms with van der Waals surface area (Å²) in [6.45, 7) is 0. The van der Waals surface area contributed by atoms with Gasteiger partial charge in [0.05, 0.1) is 38.7 Å². The molecule has 15 rings (SSSR count). The maximum atomic E-state index is 7.11.